The Morgan fingerprint density at radius 2 is 0.917 bits per heavy atom. The first-order chi connectivity index (χ1) is 17.5. The van der Waals surface area contributed by atoms with Crippen molar-refractivity contribution in [3.05, 3.63) is 121 Å². The van der Waals surface area contributed by atoms with Crippen LogP contribution in [-0.4, -0.2) is 9.13 Å². The number of aromatic nitrogens is 2. The SMILES string of the molecule is CC(C)(C)c1ccc2c(c1)c1cc3c4ccccc4n(-c4ccccc4)c3cc1n2-c1ccccc1. The van der Waals surface area contributed by atoms with Gasteiger partial charge in [-0.1, -0.05) is 81.4 Å². The maximum atomic E-state index is 2.42. The summed E-state index contributed by atoms with van der Waals surface area (Å²) in [4.78, 5) is 0. The van der Waals surface area contributed by atoms with Crippen LogP contribution < -0.4 is 0 Å². The van der Waals surface area contributed by atoms with Gasteiger partial charge in [0.1, 0.15) is 0 Å². The molecule has 0 amide bonds. The van der Waals surface area contributed by atoms with Gasteiger partial charge in [-0.05, 0) is 65.6 Å². The van der Waals surface area contributed by atoms with E-state index in [4.69, 9.17) is 0 Å². The Hall–Kier alpha value is -4.30. The Balaban J connectivity index is 1.69. The zero-order valence-corrected chi connectivity index (χ0v) is 20.9. The summed E-state index contributed by atoms with van der Waals surface area (Å²) in [6.45, 7) is 6.86. The fourth-order valence-corrected chi connectivity index (χ4v) is 5.66. The first-order valence-corrected chi connectivity index (χ1v) is 12.6. The third kappa shape index (κ3) is 3.04. The van der Waals surface area contributed by atoms with Crippen molar-refractivity contribution in [1.82, 2.24) is 9.13 Å². The maximum absolute atomic E-state index is 2.42. The van der Waals surface area contributed by atoms with Crippen LogP contribution in [0.5, 0.6) is 0 Å². The molecule has 36 heavy (non-hydrogen) atoms. The maximum Gasteiger partial charge on any atom is 0.0562 e. The highest BCUT2D eigenvalue weighted by Crippen LogP contribution is 2.40. The van der Waals surface area contributed by atoms with Gasteiger partial charge >= 0.3 is 0 Å². The van der Waals surface area contributed by atoms with Gasteiger partial charge < -0.3 is 9.13 Å². The summed E-state index contributed by atoms with van der Waals surface area (Å²) < 4.78 is 4.82. The fourth-order valence-electron chi connectivity index (χ4n) is 5.66. The Bertz CT molecular complexity index is 1900. The molecule has 0 unspecified atom stereocenters. The number of rotatable bonds is 2. The molecule has 174 valence electrons. The monoisotopic (exact) mass is 464 g/mol. The molecule has 0 bridgehead atoms. The third-order valence-corrected chi connectivity index (χ3v) is 7.45. The zero-order valence-electron chi connectivity index (χ0n) is 20.9. The van der Waals surface area contributed by atoms with Crippen LogP contribution in [0.3, 0.4) is 0 Å². The van der Waals surface area contributed by atoms with Crippen molar-refractivity contribution in [1.29, 1.82) is 0 Å². The molecule has 0 saturated heterocycles. The van der Waals surface area contributed by atoms with Crippen LogP contribution in [0.15, 0.2) is 115 Å². The lowest BCUT2D eigenvalue weighted by molar-refractivity contribution is 0.591. The van der Waals surface area contributed by atoms with Gasteiger partial charge in [0, 0.05) is 32.9 Å². The molecule has 0 aliphatic rings. The van der Waals surface area contributed by atoms with Crippen molar-refractivity contribution in [3.8, 4) is 11.4 Å². The average Bonchev–Trinajstić information content (AvgIpc) is 3.39. The van der Waals surface area contributed by atoms with Crippen molar-refractivity contribution in [3.63, 3.8) is 0 Å². The molecule has 0 aliphatic heterocycles. The van der Waals surface area contributed by atoms with E-state index in [-0.39, 0.29) is 5.41 Å². The molecule has 2 nitrogen and oxygen atoms in total. The van der Waals surface area contributed by atoms with Gasteiger partial charge in [0.2, 0.25) is 0 Å². The number of para-hydroxylation sites is 3. The van der Waals surface area contributed by atoms with E-state index in [2.05, 4.69) is 145 Å². The number of fused-ring (bicyclic) bond motifs is 6. The lowest BCUT2D eigenvalue weighted by atomic mass is 9.86. The molecule has 2 heterocycles. The number of benzene rings is 5. The van der Waals surface area contributed by atoms with Gasteiger partial charge in [-0.3, -0.25) is 0 Å². The first-order valence-electron chi connectivity index (χ1n) is 12.6. The number of nitrogens with zero attached hydrogens (tertiary/aromatic N) is 2. The van der Waals surface area contributed by atoms with E-state index in [1.165, 1.54) is 60.5 Å². The Morgan fingerprint density at radius 1 is 0.417 bits per heavy atom. The van der Waals surface area contributed by atoms with Gasteiger partial charge in [-0.2, -0.15) is 0 Å². The molecular formula is C34H28N2. The molecule has 2 heteroatoms. The van der Waals surface area contributed by atoms with Crippen LogP contribution >= 0.6 is 0 Å². The second-order valence-electron chi connectivity index (χ2n) is 10.7. The van der Waals surface area contributed by atoms with Crippen LogP contribution in [0.2, 0.25) is 0 Å². The van der Waals surface area contributed by atoms with E-state index < -0.39 is 0 Å². The summed E-state index contributed by atoms with van der Waals surface area (Å²) in [6, 6.07) is 42.0. The molecule has 0 spiro atoms. The first kappa shape index (κ1) is 21.0. The van der Waals surface area contributed by atoms with E-state index in [0.29, 0.717) is 0 Å². The van der Waals surface area contributed by atoms with Crippen molar-refractivity contribution in [2.45, 2.75) is 26.2 Å². The van der Waals surface area contributed by atoms with E-state index in [1.54, 1.807) is 0 Å². The molecule has 2 aromatic heterocycles. The minimum absolute atomic E-state index is 0.0861. The van der Waals surface area contributed by atoms with Gasteiger partial charge in [-0.25, -0.2) is 0 Å². The molecule has 0 N–H and O–H groups in total. The standard InChI is InChI=1S/C34H28N2/c1-34(2,3)23-18-19-31-27(20-23)29-21-28-26-16-10-11-17-30(26)35(24-12-6-4-7-13-24)32(28)22-33(29)36(31)25-14-8-5-9-15-25/h4-22H,1-3H3. The van der Waals surface area contributed by atoms with E-state index in [0.717, 1.165) is 0 Å². The van der Waals surface area contributed by atoms with Crippen LogP contribution in [-0.2, 0) is 5.41 Å². The topological polar surface area (TPSA) is 9.86 Å². The molecule has 0 radical (unpaired) electrons. The normalized spacial score (nSPS) is 12.3. The third-order valence-electron chi connectivity index (χ3n) is 7.45. The molecule has 0 fully saturated rings. The van der Waals surface area contributed by atoms with Gasteiger partial charge in [0.05, 0.1) is 22.1 Å². The van der Waals surface area contributed by atoms with Crippen molar-refractivity contribution < 1.29 is 0 Å². The van der Waals surface area contributed by atoms with E-state index in [1.807, 2.05) is 0 Å². The minimum atomic E-state index is 0.0861. The summed E-state index contributed by atoms with van der Waals surface area (Å²) >= 11 is 0. The van der Waals surface area contributed by atoms with E-state index >= 15 is 0 Å². The quantitative estimate of drug-likeness (QED) is 0.241. The summed E-state index contributed by atoms with van der Waals surface area (Å²) in [5, 5.41) is 5.17. The second-order valence-corrected chi connectivity index (χ2v) is 10.7. The van der Waals surface area contributed by atoms with Gasteiger partial charge in [0.25, 0.3) is 0 Å². The summed E-state index contributed by atoms with van der Waals surface area (Å²) in [5.41, 5.74) is 8.74. The Labute approximate surface area is 211 Å². The molecule has 5 aromatic carbocycles. The highest BCUT2D eigenvalue weighted by molar-refractivity contribution is 6.19. The number of hydrogen-bond acceptors (Lipinski definition) is 0. The molecular weight excluding hydrogens is 436 g/mol. The fraction of sp³-hybridized carbons (Fsp3) is 0.118. The summed E-state index contributed by atoms with van der Waals surface area (Å²) in [5.74, 6) is 0. The van der Waals surface area contributed by atoms with E-state index in [9.17, 15) is 0 Å². The Kier molecular flexibility index (Phi) is 4.44. The molecule has 0 saturated carbocycles. The molecule has 0 atom stereocenters. The van der Waals surface area contributed by atoms with Crippen LogP contribution in [0.4, 0.5) is 0 Å². The number of hydrogen-bond donors (Lipinski definition) is 0. The van der Waals surface area contributed by atoms with Crippen molar-refractivity contribution in [2.24, 2.45) is 0 Å². The predicted octanol–water partition coefficient (Wildman–Crippen LogP) is 9.18. The van der Waals surface area contributed by atoms with Crippen LogP contribution in [0, 0.1) is 0 Å². The summed E-state index contributed by atoms with van der Waals surface area (Å²) in [6.07, 6.45) is 0. The lowest BCUT2D eigenvalue weighted by Crippen LogP contribution is -2.10. The minimum Gasteiger partial charge on any atom is -0.309 e. The van der Waals surface area contributed by atoms with Gasteiger partial charge in [-0.15, -0.1) is 0 Å². The predicted molar refractivity (Wildman–Crippen MR) is 154 cm³/mol. The van der Waals surface area contributed by atoms with Crippen LogP contribution in [0.1, 0.15) is 26.3 Å². The average molecular weight is 465 g/mol. The second kappa shape index (κ2) is 7.60. The zero-order chi connectivity index (χ0) is 24.4. The Morgan fingerprint density at radius 3 is 1.53 bits per heavy atom. The lowest BCUT2D eigenvalue weighted by Gasteiger charge is -2.19. The highest BCUT2D eigenvalue weighted by atomic mass is 15.0. The molecule has 7 aromatic rings. The van der Waals surface area contributed by atoms with Crippen LogP contribution in [0.25, 0.3) is 55.0 Å². The highest BCUT2D eigenvalue weighted by Gasteiger charge is 2.20. The smallest absolute Gasteiger partial charge is 0.0562 e. The van der Waals surface area contributed by atoms with Crippen molar-refractivity contribution in [2.75, 3.05) is 0 Å². The van der Waals surface area contributed by atoms with Crippen molar-refractivity contribution >= 4 is 43.6 Å². The van der Waals surface area contributed by atoms with Gasteiger partial charge in [0.15, 0.2) is 0 Å². The molecule has 7 rings (SSSR count). The largest absolute Gasteiger partial charge is 0.309 e. The summed E-state index contributed by atoms with van der Waals surface area (Å²) in [7, 11) is 0. The molecule has 0 aliphatic carbocycles.